The summed E-state index contributed by atoms with van der Waals surface area (Å²) in [7, 11) is 0. The van der Waals surface area contributed by atoms with E-state index >= 15 is 0 Å². The van der Waals surface area contributed by atoms with Gasteiger partial charge >= 0.3 is 5.97 Å². The van der Waals surface area contributed by atoms with E-state index in [1.165, 1.54) is 5.57 Å². The molecule has 1 N–H and O–H groups in total. The van der Waals surface area contributed by atoms with Crippen LogP contribution in [-0.4, -0.2) is 22.8 Å². The second kappa shape index (κ2) is 7.62. The van der Waals surface area contributed by atoms with Gasteiger partial charge in [-0.25, -0.2) is 0 Å². The minimum absolute atomic E-state index is 0.0758. The zero-order valence-corrected chi connectivity index (χ0v) is 18.2. The molecule has 3 nitrogen and oxygen atoms in total. The first-order valence-corrected chi connectivity index (χ1v) is 11.7. The molecule has 0 amide bonds. The molecule has 0 radical (unpaired) electrons. The van der Waals surface area contributed by atoms with Crippen molar-refractivity contribution >= 4 is 5.97 Å². The number of rotatable bonds is 4. The van der Waals surface area contributed by atoms with Crippen LogP contribution in [0.2, 0.25) is 0 Å². The molecule has 0 aromatic carbocycles. The molecule has 0 heterocycles. The highest BCUT2D eigenvalue weighted by Crippen LogP contribution is 2.66. The van der Waals surface area contributed by atoms with E-state index in [1.807, 2.05) is 6.92 Å². The Morgan fingerprint density at radius 2 is 2.14 bits per heavy atom. The van der Waals surface area contributed by atoms with Gasteiger partial charge in [0.15, 0.2) is 0 Å². The monoisotopic (exact) mass is 396 g/mol. The van der Waals surface area contributed by atoms with E-state index in [0.29, 0.717) is 36.0 Å². The lowest BCUT2D eigenvalue weighted by atomic mass is 9.48. The fourth-order valence-corrected chi connectivity index (χ4v) is 7.55. The van der Waals surface area contributed by atoms with E-state index < -0.39 is 5.60 Å². The predicted molar refractivity (Wildman–Crippen MR) is 115 cm³/mol. The van der Waals surface area contributed by atoms with Crippen LogP contribution in [0.25, 0.3) is 0 Å². The second-order valence-corrected chi connectivity index (χ2v) is 9.98. The summed E-state index contributed by atoms with van der Waals surface area (Å²) in [4.78, 5) is 11.9. The Bertz CT molecular complexity index is 758. The van der Waals surface area contributed by atoms with E-state index in [4.69, 9.17) is 11.2 Å². The molecule has 0 aromatic heterocycles. The summed E-state index contributed by atoms with van der Waals surface area (Å²) in [6.07, 6.45) is 19.7. The zero-order valence-electron chi connectivity index (χ0n) is 18.2. The van der Waals surface area contributed by atoms with Gasteiger partial charge in [-0.2, -0.15) is 0 Å². The number of hydrogen-bond donors (Lipinski definition) is 1. The Kier molecular flexibility index (Phi) is 5.45. The Labute approximate surface area is 176 Å². The summed E-state index contributed by atoms with van der Waals surface area (Å²) in [6.45, 7) is 6.58. The first-order valence-electron chi connectivity index (χ1n) is 11.7. The fraction of sp³-hybridized carbons (Fsp3) is 0.731. The van der Waals surface area contributed by atoms with Crippen LogP contribution in [0.1, 0.15) is 72.1 Å². The van der Waals surface area contributed by atoms with Gasteiger partial charge in [-0.3, -0.25) is 4.79 Å². The van der Waals surface area contributed by atoms with E-state index in [1.54, 1.807) is 0 Å². The molecule has 0 aromatic rings. The quantitative estimate of drug-likeness (QED) is 0.534. The third-order valence-corrected chi connectivity index (χ3v) is 8.75. The lowest BCUT2D eigenvalue weighted by Crippen LogP contribution is -2.55. The average molecular weight is 397 g/mol. The number of carbonyl (C=O) groups excluding carboxylic acids is 1. The number of ether oxygens (including phenoxy) is 1. The van der Waals surface area contributed by atoms with Crippen molar-refractivity contribution in [2.24, 2.45) is 35.0 Å². The van der Waals surface area contributed by atoms with Crippen molar-refractivity contribution in [3.8, 4) is 12.3 Å². The smallest absolute Gasteiger partial charge is 0.306 e. The molecule has 29 heavy (non-hydrogen) atoms. The van der Waals surface area contributed by atoms with E-state index in [9.17, 15) is 9.90 Å². The Morgan fingerprint density at radius 3 is 2.83 bits per heavy atom. The zero-order chi connectivity index (χ0) is 20.8. The molecule has 2 saturated carbocycles. The Balaban J connectivity index is 1.62. The molecule has 3 heteroatoms. The molecule has 4 aliphatic carbocycles. The summed E-state index contributed by atoms with van der Waals surface area (Å²) < 4.78 is 5.68. The molecule has 4 rings (SSSR count). The summed E-state index contributed by atoms with van der Waals surface area (Å²) in [5, 5.41) is 11.3. The molecule has 0 aliphatic heterocycles. The molecule has 0 spiro atoms. The van der Waals surface area contributed by atoms with Crippen LogP contribution in [0.4, 0.5) is 0 Å². The van der Waals surface area contributed by atoms with E-state index in [0.717, 1.165) is 44.9 Å². The first-order chi connectivity index (χ1) is 13.9. The van der Waals surface area contributed by atoms with Crippen molar-refractivity contribution in [3.05, 3.63) is 23.8 Å². The van der Waals surface area contributed by atoms with Crippen molar-refractivity contribution in [2.75, 3.05) is 0 Å². The average Bonchev–Trinajstić information content (AvgIpc) is 3.01. The van der Waals surface area contributed by atoms with Crippen molar-refractivity contribution in [1.29, 1.82) is 0 Å². The lowest BCUT2D eigenvalue weighted by molar-refractivity contribution is -0.147. The van der Waals surface area contributed by atoms with Gasteiger partial charge in [-0.1, -0.05) is 38.8 Å². The number of fused-ring (bicyclic) bond motifs is 5. The standard InChI is InChI=1S/C26H36O3/c1-5-8-23(27)29-19-10-12-20-18(15-19)9-11-21-22-13-14-26(28,7-3)25(22,6-2)16-17(4)24(20)21/h3,9,11,15,17,19-22,24,28H,5-6,8,10,12-14,16H2,1-2,4H3/t17-,19?,20-,21?,22?,24?,25-,26-/m0/s1. The molecule has 8 atom stereocenters. The molecular weight excluding hydrogens is 360 g/mol. The summed E-state index contributed by atoms with van der Waals surface area (Å²) in [5.74, 6) is 5.34. The number of hydrogen-bond acceptors (Lipinski definition) is 3. The predicted octanol–water partition coefficient (Wildman–Crippen LogP) is 5.05. The number of carbonyl (C=O) groups is 1. The van der Waals surface area contributed by atoms with Crippen LogP contribution in [-0.2, 0) is 9.53 Å². The lowest BCUT2D eigenvalue weighted by Gasteiger charge is -2.57. The van der Waals surface area contributed by atoms with E-state index in [2.05, 4.69) is 38.0 Å². The maximum absolute atomic E-state index is 11.9. The van der Waals surface area contributed by atoms with Crippen LogP contribution in [0.5, 0.6) is 0 Å². The minimum Gasteiger partial charge on any atom is -0.458 e. The molecular formula is C26H36O3. The second-order valence-electron chi connectivity index (χ2n) is 9.98. The third-order valence-electron chi connectivity index (χ3n) is 8.75. The summed E-state index contributed by atoms with van der Waals surface area (Å²) in [6, 6.07) is 0. The van der Waals surface area contributed by atoms with Gasteiger partial charge in [0.25, 0.3) is 0 Å². The minimum atomic E-state index is -0.958. The molecule has 4 aliphatic rings. The van der Waals surface area contributed by atoms with Crippen molar-refractivity contribution in [2.45, 2.75) is 83.8 Å². The first kappa shape index (κ1) is 20.7. The number of allylic oxidation sites excluding steroid dienone is 3. The SMILES string of the molecule is C#C[C@]1(O)CCC2C3C=CC4=CC(OC(=O)CCC)CC[C@@H]4C3[C@@H](C)C[C@@]21CC. The van der Waals surface area contributed by atoms with Crippen LogP contribution in [0, 0.1) is 47.3 Å². The normalized spacial score (nSPS) is 45.4. The fourth-order valence-electron chi connectivity index (χ4n) is 7.55. The highest BCUT2D eigenvalue weighted by molar-refractivity contribution is 5.69. The van der Waals surface area contributed by atoms with Crippen LogP contribution < -0.4 is 0 Å². The number of aliphatic hydroxyl groups is 1. The van der Waals surface area contributed by atoms with Crippen LogP contribution >= 0.6 is 0 Å². The summed E-state index contributed by atoms with van der Waals surface area (Å²) >= 11 is 0. The topological polar surface area (TPSA) is 46.5 Å². The van der Waals surface area contributed by atoms with Gasteiger partial charge in [0.1, 0.15) is 11.7 Å². The summed E-state index contributed by atoms with van der Waals surface area (Å²) in [5.41, 5.74) is 0.245. The molecule has 2 fully saturated rings. The van der Waals surface area contributed by atoms with Gasteiger partial charge in [0.05, 0.1) is 0 Å². The van der Waals surface area contributed by atoms with Gasteiger partial charge in [0.2, 0.25) is 0 Å². The van der Waals surface area contributed by atoms with Crippen molar-refractivity contribution in [1.82, 2.24) is 0 Å². The highest BCUT2D eigenvalue weighted by Gasteiger charge is 2.64. The Hall–Kier alpha value is -1.53. The molecule has 158 valence electrons. The van der Waals surface area contributed by atoms with Crippen LogP contribution in [0.3, 0.4) is 0 Å². The number of terminal acetylenes is 1. The highest BCUT2D eigenvalue weighted by atomic mass is 16.5. The Morgan fingerprint density at radius 1 is 1.34 bits per heavy atom. The largest absolute Gasteiger partial charge is 0.458 e. The van der Waals surface area contributed by atoms with Crippen molar-refractivity contribution in [3.63, 3.8) is 0 Å². The third kappa shape index (κ3) is 3.10. The van der Waals surface area contributed by atoms with Gasteiger partial charge in [-0.05, 0) is 86.2 Å². The van der Waals surface area contributed by atoms with Gasteiger partial charge in [0, 0.05) is 11.8 Å². The number of esters is 1. The maximum Gasteiger partial charge on any atom is 0.306 e. The van der Waals surface area contributed by atoms with E-state index in [-0.39, 0.29) is 17.5 Å². The maximum atomic E-state index is 11.9. The van der Waals surface area contributed by atoms with Gasteiger partial charge in [-0.15, -0.1) is 6.42 Å². The van der Waals surface area contributed by atoms with Crippen molar-refractivity contribution < 1.29 is 14.6 Å². The molecule has 4 unspecified atom stereocenters. The van der Waals surface area contributed by atoms with Crippen LogP contribution in [0.15, 0.2) is 23.8 Å². The molecule has 0 saturated heterocycles. The molecule has 0 bridgehead atoms. The van der Waals surface area contributed by atoms with Gasteiger partial charge < -0.3 is 9.84 Å².